The molecule has 0 N–H and O–H groups in total. The van der Waals surface area contributed by atoms with E-state index in [1.807, 2.05) is 36.4 Å². The molecule has 2 nitrogen and oxygen atoms in total. The van der Waals surface area contributed by atoms with E-state index in [2.05, 4.69) is 24.3 Å². The first kappa shape index (κ1) is 12.7. The lowest BCUT2D eigenvalue weighted by Crippen LogP contribution is -2.16. The van der Waals surface area contributed by atoms with Gasteiger partial charge in [-0.05, 0) is 10.4 Å². The van der Waals surface area contributed by atoms with E-state index in [1.165, 1.54) is 10.4 Å². The summed E-state index contributed by atoms with van der Waals surface area (Å²) in [6.07, 6.45) is 0. The van der Waals surface area contributed by atoms with Crippen LogP contribution in [0.25, 0.3) is 0 Å². The molecule has 0 aliphatic carbocycles. The van der Waals surface area contributed by atoms with Gasteiger partial charge in [0.1, 0.15) is 9.03 Å². The summed E-state index contributed by atoms with van der Waals surface area (Å²) in [4.78, 5) is 0. The van der Waals surface area contributed by atoms with Crippen LogP contribution in [-0.2, 0) is 8.43 Å². The maximum atomic E-state index is 5.48. The summed E-state index contributed by atoms with van der Waals surface area (Å²) in [5, 5.41) is 2.40. The van der Waals surface area contributed by atoms with Crippen molar-refractivity contribution in [1.29, 1.82) is 0 Å². The molecule has 2 aromatic carbocycles. The van der Waals surface area contributed by atoms with E-state index in [0.29, 0.717) is 19.5 Å². The molecule has 4 radical (unpaired) electrons. The predicted molar refractivity (Wildman–Crippen MR) is 74.1 cm³/mol. The number of rotatable bonds is 6. The van der Waals surface area contributed by atoms with Crippen LogP contribution in [0.1, 0.15) is 0 Å². The molecule has 2 rings (SSSR count). The Morgan fingerprint density at radius 1 is 0.647 bits per heavy atom. The summed E-state index contributed by atoms with van der Waals surface area (Å²) in [7, 11) is 0.836. The highest BCUT2D eigenvalue weighted by Gasteiger charge is 1.98. The first-order valence-corrected chi connectivity index (χ1v) is 7.77. The zero-order chi connectivity index (χ0) is 11.8. The molecule has 0 aliphatic heterocycles. The molecule has 0 aliphatic rings. The third kappa shape index (κ3) is 4.94. The van der Waals surface area contributed by atoms with Gasteiger partial charge in [0.15, 0.2) is 0 Å². The van der Waals surface area contributed by atoms with Gasteiger partial charge in [-0.15, -0.1) is 0 Å². The van der Waals surface area contributed by atoms with Crippen LogP contribution in [0.15, 0.2) is 60.7 Å². The average molecular weight is 274 g/mol. The Balaban J connectivity index is 1.61. The minimum Gasteiger partial charge on any atom is -0.373 e. The van der Waals surface area contributed by atoms with Crippen molar-refractivity contribution >= 4 is 38.9 Å². The van der Waals surface area contributed by atoms with Crippen LogP contribution < -0.4 is 10.4 Å². The van der Waals surface area contributed by atoms with Crippen molar-refractivity contribution in [1.82, 2.24) is 0 Å². The van der Waals surface area contributed by atoms with Crippen molar-refractivity contribution in [2.24, 2.45) is 0 Å². The Kier molecular flexibility index (Phi) is 5.61. The van der Waals surface area contributed by atoms with Crippen LogP contribution in [0.5, 0.6) is 0 Å². The van der Waals surface area contributed by atoms with Crippen molar-refractivity contribution in [3.63, 3.8) is 0 Å². The summed E-state index contributed by atoms with van der Waals surface area (Å²) >= 11 is 0. The van der Waals surface area contributed by atoms with E-state index < -0.39 is 0 Å². The molecule has 0 heterocycles. The normalized spacial score (nSPS) is 10.4. The molecule has 0 saturated heterocycles. The van der Waals surface area contributed by atoms with Crippen molar-refractivity contribution in [3.8, 4) is 0 Å². The molecule has 0 fully saturated rings. The van der Waals surface area contributed by atoms with Crippen molar-refractivity contribution in [3.05, 3.63) is 60.7 Å². The fraction of sp³-hybridized carbons (Fsp3) is 0. The van der Waals surface area contributed by atoms with E-state index >= 15 is 0 Å². The van der Waals surface area contributed by atoms with Crippen molar-refractivity contribution in [2.75, 3.05) is 0 Å². The van der Waals surface area contributed by atoms with Gasteiger partial charge in [-0.3, -0.25) is 0 Å². The van der Waals surface area contributed by atoms with Crippen LogP contribution in [-0.4, -0.2) is 19.5 Å². The lowest BCUT2D eigenvalue weighted by Gasteiger charge is -2.03. The SMILES string of the molecule is c1ccc([Si]OPO[Si]c2ccccc2)cc1. The van der Waals surface area contributed by atoms with Gasteiger partial charge in [0.2, 0.25) is 0 Å². The van der Waals surface area contributed by atoms with E-state index in [9.17, 15) is 0 Å². The number of benzene rings is 2. The van der Waals surface area contributed by atoms with Crippen LogP contribution in [0.2, 0.25) is 0 Å². The van der Waals surface area contributed by atoms with Gasteiger partial charge in [-0.25, -0.2) is 0 Å². The monoisotopic (exact) mass is 274 g/mol. The molecule has 17 heavy (non-hydrogen) atoms. The molecule has 0 spiro atoms. The standard InChI is InChI=1S/C12H11O2PSi2/c1-3-7-11(8-4-1)16-13-15-14-17-12-9-5-2-6-10-12/h1-10,15H. The second kappa shape index (κ2) is 7.53. The van der Waals surface area contributed by atoms with Gasteiger partial charge < -0.3 is 8.43 Å². The first-order chi connectivity index (χ1) is 8.45. The molecule has 0 bridgehead atoms. The predicted octanol–water partition coefficient (Wildman–Crippen LogP) is 1.42. The highest BCUT2D eigenvalue weighted by atomic mass is 31.1. The van der Waals surface area contributed by atoms with Gasteiger partial charge in [-0.2, -0.15) is 0 Å². The summed E-state index contributed by atoms with van der Waals surface area (Å²) in [5.74, 6) is 0. The van der Waals surface area contributed by atoms with E-state index in [1.54, 1.807) is 0 Å². The van der Waals surface area contributed by atoms with Gasteiger partial charge >= 0.3 is 0 Å². The zero-order valence-electron chi connectivity index (χ0n) is 9.09. The largest absolute Gasteiger partial charge is 0.373 e. The van der Waals surface area contributed by atoms with Crippen molar-refractivity contribution in [2.45, 2.75) is 0 Å². The summed E-state index contributed by atoms with van der Waals surface area (Å²) in [5.41, 5.74) is 0. The Bertz CT molecular complexity index is 384. The lowest BCUT2D eigenvalue weighted by atomic mass is 10.4. The minimum absolute atomic E-state index is 0.108. The van der Waals surface area contributed by atoms with Gasteiger partial charge in [0, 0.05) is 0 Å². The fourth-order valence-corrected chi connectivity index (χ4v) is 3.67. The maximum Gasteiger partial charge on any atom is 0.277 e. The van der Waals surface area contributed by atoms with Crippen LogP contribution >= 0.6 is 9.03 Å². The Labute approximate surface area is 108 Å². The topological polar surface area (TPSA) is 18.5 Å². The Hall–Kier alpha value is -0.776. The van der Waals surface area contributed by atoms with E-state index in [0.717, 1.165) is 0 Å². The third-order valence-corrected chi connectivity index (χ3v) is 4.59. The quantitative estimate of drug-likeness (QED) is 0.450. The first-order valence-electron chi connectivity index (χ1n) is 5.14. The van der Waals surface area contributed by atoms with Crippen LogP contribution in [0.3, 0.4) is 0 Å². The third-order valence-electron chi connectivity index (χ3n) is 1.97. The summed E-state index contributed by atoms with van der Waals surface area (Å²) in [6.45, 7) is 0. The van der Waals surface area contributed by atoms with Gasteiger partial charge in [0.25, 0.3) is 19.5 Å². The molecular formula is C12H11O2PSi2. The molecule has 2 aromatic rings. The second-order valence-electron chi connectivity index (χ2n) is 3.22. The summed E-state index contributed by atoms with van der Waals surface area (Å²) < 4.78 is 11.0. The molecule has 0 aromatic heterocycles. The number of hydrogen-bond donors (Lipinski definition) is 0. The smallest absolute Gasteiger partial charge is 0.277 e. The van der Waals surface area contributed by atoms with Crippen LogP contribution in [0.4, 0.5) is 0 Å². The van der Waals surface area contributed by atoms with Gasteiger partial charge in [-0.1, -0.05) is 60.7 Å². The molecular weight excluding hydrogens is 263 g/mol. The highest BCUT2D eigenvalue weighted by Crippen LogP contribution is 2.10. The molecule has 0 amide bonds. The fourth-order valence-electron chi connectivity index (χ4n) is 1.19. The molecule has 0 atom stereocenters. The average Bonchev–Trinajstić information content (AvgIpc) is 2.41. The van der Waals surface area contributed by atoms with E-state index in [4.69, 9.17) is 8.43 Å². The van der Waals surface area contributed by atoms with E-state index in [-0.39, 0.29) is 9.03 Å². The Morgan fingerprint density at radius 2 is 1.06 bits per heavy atom. The zero-order valence-corrected chi connectivity index (χ0v) is 12.1. The summed E-state index contributed by atoms with van der Waals surface area (Å²) in [6, 6.07) is 20.3. The molecule has 0 saturated carbocycles. The Morgan fingerprint density at radius 3 is 1.47 bits per heavy atom. The molecule has 84 valence electrons. The molecule has 5 heteroatoms. The highest BCUT2D eigenvalue weighted by molar-refractivity contribution is 7.29. The van der Waals surface area contributed by atoms with Crippen molar-refractivity contribution < 1.29 is 8.43 Å². The minimum atomic E-state index is 0.108. The molecule has 0 unspecified atom stereocenters. The lowest BCUT2D eigenvalue weighted by molar-refractivity contribution is 0.565. The number of hydrogen-bond acceptors (Lipinski definition) is 2. The van der Waals surface area contributed by atoms with Gasteiger partial charge in [0.05, 0.1) is 0 Å². The maximum absolute atomic E-state index is 5.48. The second-order valence-corrected chi connectivity index (χ2v) is 6.59. The van der Waals surface area contributed by atoms with Crippen LogP contribution in [0, 0.1) is 0 Å².